The van der Waals surface area contributed by atoms with Gasteiger partial charge in [0, 0.05) is 19.6 Å². The van der Waals surface area contributed by atoms with Gasteiger partial charge in [-0.2, -0.15) is 0 Å². The topological polar surface area (TPSA) is 82.1 Å². The first-order chi connectivity index (χ1) is 17.7. The summed E-state index contributed by atoms with van der Waals surface area (Å²) in [5.74, 6) is 6.82. The highest BCUT2D eigenvalue weighted by Gasteiger charge is 2.54. The Labute approximate surface area is 219 Å². The molecule has 2 fully saturated rings. The van der Waals surface area contributed by atoms with Crippen LogP contribution in [0.1, 0.15) is 44.7 Å². The van der Waals surface area contributed by atoms with Crippen LogP contribution in [-0.2, 0) is 16.1 Å². The molecule has 2 aliphatic heterocycles. The van der Waals surface area contributed by atoms with Crippen molar-refractivity contribution in [3.05, 3.63) is 59.7 Å². The molecule has 7 nitrogen and oxygen atoms in total. The molecule has 0 aliphatic carbocycles. The van der Waals surface area contributed by atoms with Crippen LogP contribution < -0.4 is 10.1 Å². The molecule has 0 bridgehead atoms. The van der Waals surface area contributed by atoms with Crippen molar-refractivity contribution in [2.45, 2.75) is 64.8 Å². The Balaban J connectivity index is 1.40. The molecular weight excluding hydrogens is 466 g/mol. The number of nitrogens with zero attached hydrogens (tertiary/aromatic N) is 2. The van der Waals surface area contributed by atoms with Gasteiger partial charge in [0.25, 0.3) is 0 Å². The van der Waals surface area contributed by atoms with Crippen molar-refractivity contribution >= 4 is 11.8 Å². The number of ether oxygens (including phenoxy) is 1. The molecule has 1 spiro atoms. The maximum Gasteiger partial charge on any atom is 0.249 e. The number of aliphatic hydroxyl groups excluding tert-OH is 1. The summed E-state index contributed by atoms with van der Waals surface area (Å²) in [5, 5.41) is 13.4. The first kappa shape index (κ1) is 26.7. The van der Waals surface area contributed by atoms with E-state index in [0.717, 1.165) is 23.6 Å². The van der Waals surface area contributed by atoms with Crippen molar-refractivity contribution in [1.29, 1.82) is 0 Å². The molecule has 0 saturated carbocycles. The third kappa shape index (κ3) is 5.82. The predicted molar refractivity (Wildman–Crippen MR) is 143 cm³/mol. The molecule has 0 unspecified atom stereocenters. The molecule has 2 aromatic carbocycles. The summed E-state index contributed by atoms with van der Waals surface area (Å²) < 4.78 is 5.94. The number of piperazine rings is 1. The van der Waals surface area contributed by atoms with Crippen LogP contribution >= 0.6 is 0 Å². The van der Waals surface area contributed by atoms with Gasteiger partial charge in [-0.15, -0.1) is 5.92 Å². The van der Waals surface area contributed by atoms with Crippen LogP contribution in [0.4, 0.5) is 0 Å². The molecule has 2 aromatic rings. The zero-order chi connectivity index (χ0) is 26.6. The molecule has 2 aliphatic rings. The molecule has 2 heterocycles. The predicted octanol–water partition coefficient (Wildman–Crippen LogP) is 3.49. The van der Waals surface area contributed by atoms with E-state index in [9.17, 15) is 14.7 Å². The Bertz CT molecular complexity index is 1160. The van der Waals surface area contributed by atoms with Gasteiger partial charge in [0.05, 0.1) is 12.6 Å². The van der Waals surface area contributed by atoms with Gasteiger partial charge in [0.15, 0.2) is 0 Å². The molecule has 2 saturated heterocycles. The lowest BCUT2D eigenvalue weighted by molar-refractivity contribution is -0.164. The van der Waals surface area contributed by atoms with Crippen molar-refractivity contribution < 1.29 is 19.4 Å². The van der Waals surface area contributed by atoms with Crippen LogP contribution in [0.15, 0.2) is 48.5 Å². The van der Waals surface area contributed by atoms with Crippen LogP contribution in [0.25, 0.3) is 0 Å². The van der Waals surface area contributed by atoms with Gasteiger partial charge in [0.1, 0.15) is 23.1 Å². The van der Waals surface area contributed by atoms with Crippen LogP contribution in [-0.4, -0.2) is 64.0 Å². The summed E-state index contributed by atoms with van der Waals surface area (Å²) in [6, 6.07) is 15.1. The molecule has 2 N–H and O–H groups in total. The van der Waals surface area contributed by atoms with Crippen molar-refractivity contribution in [3.8, 4) is 23.3 Å². The summed E-state index contributed by atoms with van der Waals surface area (Å²) in [7, 11) is 0. The van der Waals surface area contributed by atoms with Gasteiger partial charge in [0.2, 0.25) is 11.8 Å². The quantitative estimate of drug-likeness (QED) is 0.566. The summed E-state index contributed by atoms with van der Waals surface area (Å²) >= 11 is 0. The fourth-order valence-electron chi connectivity index (χ4n) is 5.08. The van der Waals surface area contributed by atoms with E-state index < -0.39 is 17.7 Å². The maximum atomic E-state index is 13.4. The lowest BCUT2D eigenvalue weighted by Crippen LogP contribution is -2.74. The first-order valence-electron chi connectivity index (χ1n) is 13.0. The largest absolute Gasteiger partial charge is 0.457 e. The van der Waals surface area contributed by atoms with E-state index in [-0.39, 0.29) is 24.3 Å². The van der Waals surface area contributed by atoms with Gasteiger partial charge >= 0.3 is 0 Å². The number of likely N-dealkylation sites (tertiary alicyclic amines) is 1. The van der Waals surface area contributed by atoms with Gasteiger partial charge in [-0.1, -0.05) is 49.6 Å². The zero-order valence-electron chi connectivity index (χ0n) is 22.2. The molecule has 2 amide bonds. The number of benzene rings is 2. The second kappa shape index (κ2) is 11.4. The molecule has 37 heavy (non-hydrogen) atoms. The van der Waals surface area contributed by atoms with Crippen molar-refractivity contribution in [3.63, 3.8) is 0 Å². The van der Waals surface area contributed by atoms with Crippen molar-refractivity contribution in [1.82, 2.24) is 15.1 Å². The molecule has 0 radical (unpaired) electrons. The van der Waals surface area contributed by atoms with Crippen LogP contribution in [0.2, 0.25) is 0 Å². The normalized spacial score (nSPS) is 20.4. The van der Waals surface area contributed by atoms with E-state index in [1.54, 1.807) is 11.8 Å². The van der Waals surface area contributed by atoms with Gasteiger partial charge in [-0.3, -0.25) is 14.5 Å². The van der Waals surface area contributed by atoms with Crippen LogP contribution in [0, 0.1) is 24.7 Å². The minimum atomic E-state index is -0.941. The van der Waals surface area contributed by atoms with Gasteiger partial charge < -0.3 is 20.1 Å². The highest BCUT2D eigenvalue weighted by molar-refractivity contribution is 6.00. The minimum absolute atomic E-state index is 0.155. The van der Waals surface area contributed by atoms with E-state index in [1.165, 1.54) is 5.56 Å². The first-order valence-corrected chi connectivity index (χ1v) is 13.0. The van der Waals surface area contributed by atoms with E-state index in [1.807, 2.05) is 57.2 Å². The molecule has 7 heteroatoms. The lowest BCUT2D eigenvalue weighted by Gasteiger charge is -2.51. The number of carbonyl (C=O) groups is 2. The monoisotopic (exact) mass is 503 g/mol. The minimum Gasteiger partial charge on any atom is -0.457 e. The smallest absolute Gasteiger partial charge is 0.249 e. The maximum absolute atomic E-state index is 13.4. The van der Waals surface area contributed by atoms with Crippen molar-refractivity contribution in [2.24, 2.45) is 5.92 Å². The molecule has 4 rings (SSSR count). The third-order valence-electron chi connectivity index (χ3n) is 7.47. The Kier molecular flexibility index (Phi) is 8.21. The fraction of sp³-hybridized carbons (Fsp3) is 0.467. The second-order valence-electron chi connectivity index (χ2n) is 10.4. The van der Waals surface area contributed by atoms with E-state index in [4.69, 9.17) is 4.74 Å². The number of amides is 2. The molecule has 2 atom stereocenters. The second-order valence-corrected chi connectivity index (χ2v) is 10.4. The Morgan fingerprint density at radius 3 is 2.22 bits per heavy atom. The Hall–Kier alpha value is -3.34. The highest BCUT2D eigenvalue weighted by atomic mass is 16.5. The number of carbonyl (C=O) groups excluding carboxylic acids is 2. The van der Waals surface area contributed by atoms with Crippen LogP contribution in [0.3, 0.4) is 0 Å². The molecule has 0 aromatic heterocycles. The average molecular weight is 504 g/mol. The zero-order valence-corrected chi connectivity index (χ0v) is 22.2. The summed E-state index contributed by atoms with van der Waals surface area (Å²) in [6.07, 6.45) is 0.105. The number of hydrogen-bond donors (Lipinski definition) is 2. The Morgan fingerprint density at radius 1 is 1.05 bits per heavy atom. The number of aliphatic hydroxyl groups is 1. The van der Waals surface area contributed by atoms with Crippen molar-refractivity contribution in [2.75, 3.05) is 19.6 Å². The fourth-order valence-corrected chi connectivity index (χ4v) is 5.08. The van der Waals surface area contributed by atoms with Gasteiger partial charge in [-0.25, -0.2) is 0 Å². The number of rotatable bonds is 7. The standard InChI is InChI=1S/C30H37N3O4/c1-5-6-17-33-28(35)26(27(34)21(2)3)31-29(36)30(33)15-18-32(19-16-30)20-23-9-13-25(14-10-23)37-24-11-7-22(4)8-12-24/h7-14,21,26-27,34H,15-20H2,1-4H3,(H,31,36)/t26-,27-/m1/s1. The third-order valence-corrected chi connectivity index (χ3v) is 7.47. The summed E-state index contributed by atoms with van der Waals surface area (Å²) in [5.41, 5.74) is 1.41. The van der Waals surface area contributed by atoms with E-state index >= 15 is 0 Å². The molecular formula is C30H37N3O4. The molecule has 196 valence electrons. The number of hydrogen-bond acceptors (Lipinski definition) is 5. The van der Waals surface area contributed by atoms with Gasteiger partial charge in [-0.05, 0) is 62.4 Å². The number of nitrogens with one attached hydrogen (secondary N) is 1. The number of piperidine rings is 1. The summed E-state index contributed by atoms with van der Waals surface area (Å²) in [6.45, 7) is 9.73. The van der Waals surface area contributed by atoms with E-state index in [2.05, 4.69) is 34.2 Å². The number of aryl methyl sites for hydroxylation is 1. The Morgan fingerprint density at radius 2 is 1.65 bits per heavy atom. The average Bonchev–Trinajstić information content (AvgIpc) is 2.89. The lowest BCUT2D eigenvalue weighted by atomic mass is 9.80. The SMILES string of the molecule is CC#CCN1C(=O)[C@@H]([C@H](O)C(C)C)NC(=O)C12CCN(Cc1ccc(Oc3ccc(C)cc3)cc1)CC2. The highest BCUT2D eigenvalue weighted by Crippen LogP contribution is 2.34. The van der Waals surface area contributed by atoms with E-state index in [0.29, 0.717) is 25.9 Å². The summed E-state index contributed by atoms with van der Waals surface area (Å²) in [4.78, 5) is 30.7. The van der Waals surface area contributed by atoms with Crippen LogP contribution in [0.5, 0.6) is 11.5 Å².